The maximum atomic E-state index is 12.4. The first-order chi connectivity index (χ1) is 15.4. The zero-order valence-electron chi connectivity index (χ0n) is 17.3. The first-order valence-corrected chi connectivity index (χ1v) is 10.6. The normalized spacial score (nSPS) is 10.2. The lowest BCUT2D eigenvalue weighted by Gasteiger charge is -2.09. The topological polar surface area (TPSA) is 93.7 Å². The molecule has 0 aromatic heterocycles. The molecular weight excluding hydrogens is 476 g/mol. The summed E-state index contributed by atoms with van der Waals surface area (Å²) >= 11 is 3.35. The Balaban J connectivity index is 1.52. The van der Waals surface area contributed by atoms with Gasteiger partial charge in [-0.1, -0.05) is 34.1 Å². The van der Waals surface area contributed by atoms with Gasteiger partial charge in [-0.25, -0.2) is 4.79 Å². The Hall–Kier alpha value is -3.65. The quantitative estimate of drug-likeness (QED) is 0.347. The second-order valence-corrected chi connectivity index (χ2v) is 7.57. The van der Waals surface area contributed by atoms with Crippen LogP contribution in [-0.2, 0) is 11.3 Å². The minimum Gasteiger partial charge on any atom is -0.434 e. The number of nitrogens with one attached hydrogen (secondary N) is 2. The second kappa shape index (κ2) is 11.1. The highest BCUT2D eigenvalue weighted by Gasteiger charge is 2.09. The van der Waals surface area contributed by atoms with Gasteiger partial charge in [-0.15, -0.1) is 0 Å². The molecule has 3 aromatic carbocycles. The van der Waals surface area contributed by atoms with E-state index in [2.05, 4.69) is 26.6 Å². The van der Waals surface area contributed by atoms with Crippen LogP contribution in [0, 0.1) is 0 Å². The molecule has 0 aliphatic heterocycles. The smallest absolute Gasteiger partial charge is 0.434 e. The van der Waals surface area contributed by atoms with Gasteiger partial charge in [0.25, 0.3) is 11.8 Å². The molecule has 2 N–H and O–H groups in total. The summed E-state index contributed by atoms with van der Waals surface area (Å²) in [7, 11) is 0. The van der Waals surface area contributed by atoms with Crippen molar-refractivity contribution >= 4 is 39.6 Å². The minimum atomic E-state index is -0.794. The number of ether oxygens (including phenoxy) is 2. The predicted octanol–water partition coefficient (Wildman–Crippen LogP) is 5.17. The number of benzene rings is 3. The molecule has 0 heterocycles. The molecule has 0 radical (unpaired) electrons. The molecule has 0 atom stereocenters. The Morgan fingerprint density at radius 3 is 2.25 bits per heavy atom. The van der Waals surface area contributed by atoms with Gasteiger partial charge in [0.2, 0.25) is 0 Å². The fraction of sp³-hybridized carbons (Fsp3) is 0.125. The second-order valence-electron chi connectivity index (χ2n) is 6.65. The van der Waals surface area contributed by atoms with Crippen molar-refractivity contribution < 1.29 is 23.9 Å². The highest BCUT2D eigenvalue weighted by atomic mass is 79.9. The number of anilines is 1. The van der Waals surface area contributed by atoms with Crippen molar-refractivity contribution in [3.05, 3.63) is 94.0 Å². The lowest BCUT2D eigenvalue weighted by Crippen LogP contribution is -2.22. The molecule has 2 amide bonds. The van der Waals surface area contributed by atoms with Crippen LogP contribution >= 0.6 is 15.9 Å². The van der Waals surface area contributed by atoms with Crippen molar-refractivity contribution in [2.45, 2.75) is 13.5 Å². The largest absolute Gasteiger partial charge is 0.513 e. The summed E-state index contributed by atoms with van der Waals surface area (Å²) in [5.41, 5.74) is 2.49. The molecule has 0 saturated carbocycles. The molecule has 0 spiro atoms. The van der Waals surface area contributed by atoms with E-state index in [1.165, 1.54) is 12.1 Å². The van der Waals surface area contributed by atoms with Gasteiger partial charge in [0.15, 0.2) is 0 Å². The fourth-order valence-electron chi connectivity index (χ4n) is 2.74. The van der Waals surface area contributed by atoms with E-state index in [4.69, 9.17) is 9.47 Å². The third-order valence-corrected chi connectivity index (χ3v) is 4.82. The summed E-state index contributed by atoms with van der Waals surface area (Å²) in [4.78, 5) is 36.0. The molecule has 3 aromatic rings. The third-order valence-electron chi connectivity index (χ3n) is 4.33. The molecule has 164 valence electrons. The summed E-state index contributed by atoms with van der Waals surface area (Å²) < 4.78 is 10.5. The average molecular weight is 497 g/mol. The van der Waals surface area contributed by atoms with Crippen LogP contribution in [0.3, 0.4) is 0 Å². The van der Waals surface area contributed by atoms with Gasteiger partial charge in [0.05, 0.1) is 6.61 Å². The average Bonchev–Trinajstić information content (AvgIpc) is 2.79. The Labute approximate surface area is 193 Å². The molecule has 32 heavy (non-hydrogen) atoms. The Bertz CT molecular complexity index is 1100. The Kier molecular flexibility index (Phi) is 7.99. The lowest BCUT2D eigenvalue weighted by molar-refractivity contribution is 0.0949. The Morgan fingerprint density at radius 2 is 1.59 bits per heavy atom. The van der Waals surface area contributed by atoms with E-state index in [-0.39, 0.29) is 24.2 Å². The SMILES string of the molecule is CCOC(=O)Oc1ccc(C(=O)Nc2ccc(CNC(=O)c3cccc(Br)c3)cc2)cc1. The van der Waals surface area contributed by atoms with Gasteiger partial charge >= 0.3 is 6.16 Å². The van der Waals surface area contributed by atoms with Crippen LogP contribution in [0.4, 0.5) is 10.5 Å². The molecule has 8 heteroatoms. The molecule has 0 aliphatic carbocycles. The summed E-state index contributed by atoms with van der Waals surface area (Å²) in [6.07, 6.45) is -0.794. The van der Waals surface area contributed by atoms with Crippen LogP contribution in [0.1, 0.15) is 33.2 Å². The fourth-order valence-corrected chi connectivity index (χ4v) is 3.14. The van der Waals surface area contributed by atoms with Crippen molar-refractivity contribution in [1.82, 2.24) is 5.32 Å². The molecule has 0 unspecified atom stereocenters. The van der Waals surface area contributed by atoms with E-state index in [0.29, 0.717) is 23.4 Å². The first-order valence-electron chi connectivity index (χ1n) is 9.83. The summed E-state index contributed by atoms with van der Waals surface area (Å²) in [5, 5.41) is 5.66. The van der Waals surface area contributed by atoms with E-state index >= 15 is 0 Å². The van der Waals surface area contributed by atoms with Crippen molar-refractivity contribution in [2.75, 3.05) is 11.9 Å². The monoisotopic (exact) mass is 496 g/mol. The van der Waals surface area contributed by atoms with Gasteiger partial charge in [0, 0.05) is 27.8 Å². The molecule has 0 fully saturated rings. The maximum absolute atomic E-state index is 12.4. The van der Waals surface area contributed by atoms with Crippen molar-refractivity contribution in [2.24, 2.45) is 0 Å². The van der Waals surface area contributed by atoms with Crippen LogP contribution in [0.15, 0.2) is 77.3 Å². The number of carbonyl (C=O) groups excluding carboxylic acids is 3. The minimum absolute atomic E-state index is 0.168. The number of hydrogen-bond acceptors (Lipinski definition) is 5. The van der Waals surface area contributed by atoms with Crippen molar-refractivity contribution in [1.29, 1.82) is 0 Å². The third kappa shape index (κ3) is 6.68. The maximum Gasteiger partial charge on any atom is 0.513 e. The van der Waals surface area contributed by atoms with Crippen LogP contribution in [0.2, 0.25) is 0 Å². The summed E-state index contributed by atoms with van der Waals surface area (Å²) in [6, 6.07) is 20.5. The first kappa shape index (κ1) is 23.0. The van der Waals surface area contributed by atoms with Gasteiger partial charge in [0.1, 0.15) is 5.75 Å². The van der Waals surface area contributed by atoms with Crippen LogP contribution in [0.25, 0.3) is 0 Å². The highest BCUT2D eigenvalue weighted by Crippen LogP contribution is 2.16. The van der Waals surface area contributed by atoms with Crippen LogP contribution in [0.5, 0.6) is 5.75 Å². The van der Waals surface area contributed by atoms with Crippen molar-refractivity contribution in [3.63, 3.8) is 0 Å². The van der Waals surface area contributed by atoms with Gasteiger partial charge in [-0.3, -0.25) is 9.59 Å². The van der Waals surface area contributed by atoms with Gasteiger partial charge in [-0.05, 0) is 67.1 Å². The number of amides is 2. The molecule has 0 aliphatic rings. The lowest BCUT2D eigenvalue weighted by atomic mass is 10.1. The molecule has 7 nitrogen and oxygen atoms in total. The van der Waals surface area contributed by atoms with Gasteiger partial charge in [-0.2, -0.15) is 0 Å². The molecular formula is C24H21BrN2O5. The van der Waals surface area contributed by atoms with Crippen LogP contribution < -0.4 is 15.4 Å². The predicted molar refractivity (Wildman–Crippen MR) is 124 cm³/mol. The number of halogens is 1. The number of carbonyl (C=O) groups is 3. The zero-order valence-corrected chi connectivity index (χ0v) is 18.8. The van der Waals surface area contributed by atoms with Gasteiger partial charge < -0.3 is 20.1 Å². The number of hydrogen-bond donors (Lipinski definition) is 2. The summed E-state index contributed by atoms with van der Waals surface area (Å²) in [6.45, 7) is 2.26. The van der Waals surface area contributed by atoms with E-state index in [0.717, 1.165) is 10.0 Å². The molecule has 3 rings (SSSR count). The van der Waals surface area contributed by atoms with E-state index in [1.807, 2.05) is 18.2 Å². The highest BCUT2D eigenvalue weighted by molar-refractivity contribution is 9.10. The zero-order chi connectivity index (χ0) is 22.9. The summed E-state index contributed by atoms with van der Waals surface area (Å²) in [5.74, 6) is -0.184. The van der Waals surface area contributed by atoms with Crippen molar-refractivity contribution in [3.8, 4) is 5.75 Å². The number of rotatable bonds is 7. The molecule has 0 bridgehead atoms. The van der Waals surface area contributed by atoms with E-state index < -0.39 is 6.16 Å². The standard InChI is InChI=1S/C24H21BrN2O5/c1-2-31-24(30)32-21-12-8-17(9-13-21)23(29)27-20-10-6-16(7-11-20)15-26-22(28)18-4-3-5-19(25)14-18/h3-14H,2,15H2,1H3,(H,26,28)(H,27,29). The van der Waals surface area contributed by atoms with E-state index in [1.54, 1.807) is 49.4 Å². The Morgan fingerprint density at radius 1 is 0.875 bits per heavy atom. The van der Waals surface area contributed by atoms with E-state index in [9.17, 15) is 14.4 Å². The molecule has 0 saturated heterocycles. The van der Waals surface area contributed by atoms with Crippen LogP contribution in [-0.4, -0.2) is 24.6 Å².